The predicted molar refractivity (Wildman–Crippen MR) is 125 cm³/mol. The summed E-state index contributed by atoms with van der Waals surface area (Å²) in [5.74, 6) is 0.263. The van der Waals surface area contributed by atoms with Crippen LogP contribution in [0.15, 0.2) is 48.5 Å². The first-order valence-electron chi connectivity index (χ1n) is 10.1. The van der Waals surface area contributed by atoms with Crippen molar-refractivity contribution in [3.05, 3.63) is 63.6 Å². The van der Waals surface area contributed by atoms with Gasteiger partial charge in [-0.25, -0.2) is 4.79 Å². The normalized spacial score (nSPS) is 15.8. The van der Waals surface area contributed by atoms with Gasteiger partial charge in [0.15, 0.2) is 0 Å². The molecule has 32 heavy (non-hydrogen) atoms. The average molecular weight is 472 g/mol. The summed E-state index contributed by atoms with van der Waals surface area (Å²) in [6, 6.07) is 14.0. The molecule has 2 N–H and O–H groups in total. The Hall–Kier alpha value is -3.17. The third-order valence-corrected chi connectivity index (χ3v) is 6.45. The average Bonchev–Trinajstić information content (AvgIpc) is 3.31. The Bertz CT molecular complexity index is 1110. The minimum Gasteiger partial charge on any atom is -0.495 e. The van der Waals surface area contributed by atoms with E-state index in [1.165, 1.54) is 18.4 Å². The number of aromatic nitrogens is 2. The number of para-hydroxylation sites is 1. The standard InChI is InChI=1S/C22H22ClN5O3S/c1-31-18-10-9-15(23)12-17(18)25-22(30)28-11-5-6-14(13-28)20-26-27-21(32-20)19(29)24-16-7-3-2-4-8-16/h2-4,7-10,12,14H,5-6,11,13H2,1H3,(H,24,29)(H,25,30)/t14-/m0/s1. The van der Waals surface area contributed by atoms with Crippen molar-refractivity contribution in [2.75, 3.05) is 30.8 Å². The number of hydrogen-bond acceptors (Lipinski definition) is 6. The van der Waals surface area contributed by atoms with E-state index in [2.05, 4.69) is 20.8 Å². The molecule has 0 spiro atoms. The minimum atomic E-state index is -0.293. The van der Waals surface area contributed by atoms with E-state index < -0.39 is 0 Å². The number of nitrogens with one attached hydrogen (secondary N) is 2. The maximum Gasteiger partial charge on any atom is 0.321 e. The van der Waals surface area contributed by atoms with Gasteiger partial charge in [-0.05, 0) is 43.2 Å². The number of halogens is 1. The Kier molecular flexibility index (Phi) is 6.87. The Balaban J connectivity index is 1.40. The van der Waals surface area contributed by atoms with Gasteiger partial charge in [0.05, 0.1) is 12.8 Å². The summed E-state index contributed by atoms with van der Waals surface area (Å²) < 4.78 is 5.30. The van der Waals surface area contributed by atoms with Gasteiger partial charge in [-0.15, -0.1) is 10.2 Å². The summed E-state index contributed by atoms with van der Waals surface area (Å²) in [5.41, 5.74) is 1.22. The molecule has 0 bridgehead atoms. The smallest absolute Gasteiger partial charge is 0.321 e. The van der Waals surface area contributed by atoms with Crippen LogP contribution in [0.1, 0.15) is 33.6 Å². The van der Waals surface area contributed by atoms with Gasteiger partial charge in [-0.2, -0.15) is 0 Å². The van der Waals surface area contributed by atoms with Crippen LogP contribution in [0, 0.1) is 0 Å². The molecule has 3 amide bonds. The highest BCUT2D eigenvalue weighted by molar-refractivity contribution is 7.13. The quantitative estimate of drug-likeness (QED) is 0.553. The summed E-state index contributed by atoms with van der Waals surface area (Å²) in [7, 11) is 1.54. The topological polar surface area (TPSA) is 96.4 Å². The molecule has 1 aliphatic rings. The first kappa shape index (κ1) is 22.0. The predicted octanol–water partition coefficient (Wildman–Crippen LogP) is 4.86. The Labute approximate surface area is 194 Å². The number of piperidine rings is 1. The zero-order chi connectivity index (χ0) is 22.5. The summed E-state index contributed by atoms with van der Waals surface area (Å²) in [6.45, 7) is 1.12. The third-order valence-electron chi connectivity index (χ3n) is 5.13. The second-order valence-electron chi connectivity index (χ2n) is 7.33. The fourth-order valence-corrected chi connectivity index (χ4v) is 4.57. The van der Waals surface area contributed by atoms with E-state index in [1.807, 2.05) is 30.3 Å². The van der Waals surface area contributed by atoms with E-state index in [-0.39, 0.29) is 17.9 Å². The highest BCUT2D eigenvalue weighted by atomic mass is 35.5. The van der Waals surface area contributed by atoms with Crippen molar-refractivity contribution < 1.29 is 14.3 Å². The number of ether oxygens (including phenoxy) is 1. The van der Waals surface area contributed by atoms with Crippen LogP contribution in [0.4, 0.5) is 16.2 Å². The highest BCUT2D eigenvalue weighted by Crippen LogP contribution is 2.31. The SMILES string of the molecule is COc1ccc(Cl)cc1NC(=O)N1CCC[C@H](c2nnc(C(=O)Nc3ccccc3)s2)C1. The molecule has 2 aromatic carbocycles. The highest BCUT2D eigenvalue weighted by Gasteiger charge is 2.28. The van der Waals surface area contributed by atoms with Gasteiger partial charge in [0.1, 0.15) is 10.8 Å². The molecule has 1 aromatic heterocycles. The van der Waals surface area contributed by atoms with Gasteiger partial charge in [-0.1, -0.05) is 41.1 Å². The molecule has 166 valence electrons. The number of rotatable bonds is 5. The van der Waals surface area contributed by atoms with Crippen LogP contribution in [-0.4, -0.2) is 47.2 Å². The van der Waals surface area contributed by atoms with E-state index >= 15 is 0 Å². The minimum absolute atomic E-state index is 0.0199. The van der Waals surface area contributed by atoms with Crippen LogP contribution in [0.2, 0.25) is 5.02 Å². The monoisotopic (exact) mass is 471 g/mol. The Morgan fingerprint density at radius 1 is 1.16 bits per heavy atom. The maximum absolute atomic E-state index is 12.9. The second kappa shape index (κ2) is 9.97. The molecule has 1 fully saturated rings. The summed E-state index contributed by atoms with van der Waals surface area (Å²) >= 11 is 7.32. The molecule has 4 rings (SSSR count). The lowest BCUT2D eigenvalue weighted by molar-refractivity contribution is 0.102. The van der Waals surface area contributed by atoms with Crippen LogP contribution in [0.5, 0.6) is 5.75 Å². The second-order valence-corrected chi connectivity index (χ2v) is 8.77. The van der Waals surface area contributed by atoms with E-state index in [4.69, 9.17) is 16.3 Å². The molecular formula is C22H22ClN5O3S. The molecule has 0 unspecified atom stereocenters. The fourth-order valence-electron chi connectivity index (χ4n) is 3.53. The third kappa shape index (κ3) is 5.17. The van der Waals surface area contributed by atoms with Gasteiger partial charge in [0.2, 0.25) is 5.01 Å². The van der Waals surface area contributed by atoms with Crippen molar-refractivity contribution >= 4 is 46.3 Å². The molecule has 0 saturated carbocycles. The maximum atomic E-state index is 12.9. The van der Waals surface area contributed by atoms with Gasteiger partial charge in [0, 0.05) is 29.7 Å². The van der Waals surface area contributed by atoms with Crippen molar-refractivity contribution in [3.8, 4) is 5.75 Å². The molecule has 3 aromatic rings. The number of likely N-dealkylation sites (tertiary alicyclic amines) is 1. The number of hydrogen-bond donors (Lipinski definition) is 2. The lowest BCUT2D eigenvalue weighted by atomic mass is 9.99. The largest absolute Gasteiger partial charge is 0.495 e. The molecule has 1 saturated heterocycles. The fraction of sp³-hybridized carbons (Fsp3) is 0.273. The van der Waals surface area contributed by atoms with Crippen molar-refractivity contribution in [2.45, 2.75) is 18.8 Å². The van der Waals surface area contributed by atoms with Gasteiger partial charge in [-0.3, -0.25) is 4.79 Å². The van der Waals surface area contributed by atoms with Crippen LogP contribution in [0.25, 0.3) is 0 Å². The van der Waals surface area contributed by atoms with E-state index in [1.54, 1.807) is 23.1 Å². The van der Waals surface area contributed by atoms with Crippen LogP contribution >= 0.6 is 22.9 Å². The molecular weight excluding hydrogens is 450 g/mol. The molecule has 0 radical (unpaired) electrons. The zero-order valence-corrected chi connectivity index (χ0v) is 18.9. The Morgan fingerprint density at radius 3 is 2.75 bits per heavy atom. The number of urea groups is 1. The summed E-state index contributed by atoms with van der Waals surface area (Å²) in [5, 5.41) is 15.5. The summed E-state index contributed by atoms with van der Waals surface area (Å²) in [6.07, 6.45) is 1.70. The van der Waals surface area contributed by atoms with Gasteiger partial charge < -0.3 is 20.3 Å². The molecule has 1 atom stereocenters. The molecule has 2 heterocycles. The summed E-state index contributed by atoms with van der Waals surface area (Å²) in [4.78, 5) is 27.1. The number of carbonyl (C=O) groups is 2. The number of nitrogens with zero attached hydrogens (tertiary/aromatic N) is 3. The van der Waals surface area contributed by atoms with Crippen LogP contribution in [0.3, 0.4) is 0 Å². The molecule has 10 heteroatoms. The number of anilines is 2. The first-order chi connectivity index (χ1) is 15.5. The van der Waals surface area contributed by atoms with Gasteiger partial charge >= 0.3 is 6.03 Å². The van der Waals surface area contributed by atoms with Crippen molar-refractivity contribution in [3.63, 3.8) is 0 Å². The number of benzene rings is 2. The van der Waals surface area contributed by atoms with Gasteiger partial charge in [0.25, 0.3) is 5.91 Å². The molecule has 0 aliphatic carbocycles. The van der Waals surface area contributed by atoms with E-state index in [0.717, 1.165) is 17.8 Å². The number of methoxy groups -OCH3 is 1. The van der Waals surface area contributed by atoms with Crippen LogP contribution in [-0.2, 0) is 0 Å². The van der Waals surface area contributed by atoms with Crippen LogP contribution < -0.4 is 15.4 Å². The van der Waals surface area contributed by atoms with Crippen molar-refractivity contribution in [2.24, 2.45) is 0 Å². The van der Waals surface area contributed by atoms with Crippen molar-refractivity contribution in [1.82, 2.24) is 15.1 Å². The Morgan fingerprint density at radius 2 is 1.97 bits per heavy atom. The lowest BCUT2D eigenvalue weighted by Crippen LogP contribution is -2.41. The number of amides is 3. The van der Waals surface area contributed by atoms with E-state index in [0.29, 0.717) is 40.2 Å². The first-order valence-corrected chi connectivity index (χ1v) is 11.3. The number of carbonyl (C=O) groups excluding carboxylic acids is 2. The lowest BCUT2D eigenvalue weighted by Gasteiger charge is -2.31. The molecule has 8 nitrogen and oxygen atoms in total. The zero-order valence-electron chi connectivity index (χ0n) is 17.4. The van der Waals surface area contributed by atoms with E-state index in [9.17, 15) is 9.59 Å². The van der Waals surface area contributed by atoms with Crippen molar-refractivity contribution in [1.29, 1.82) is 0 Å². The molecule has 1 aliphatic heterocycles.